The summed E-state index contributed by atoms with van der Waals surface area (Å²) < 4.78 is 0. The second-order valence-electron chi connectivity index (χ2n) is 5.82. The van der Waals surface area contributed by atoms with E-state index in [0.29, 0.717) is 11.8 Å². The summed E-state index contributed by atoms with van der Waals surface area (Å²) in [5.74, 6) is 1.10. The van der Waals surface area contributed by atoms with Crippen molar-refractivity contribution >= 4 is 5.43 Å². The van der Waals surface area contributed by atoms with Gasteiger partial charge >= 0.3 is 41.9 Å². The summed E-state index contributed by atoms with van der Waals surface area (Å²) in [6.07, 6.45) is 11.0. The first-order valence-corrected chi connectivity index (χ1v) is 13.4. The summed E-state index contributed by atoms with van der Waals surface area (Å²) in [5.41, 5.74) is 5.62. The summed E-state index contributed by atoms with van der Waals surface area (Å²) in [6, 6.07) is 0. The van der Waals surface area contributed by atoms with Gasteiger partial charge in [0.05, 0.1) is 0 Å². The quantitative estimate of drug-likeness (QED) is 0.355. The maximum atomic E-state index is 3.29. The molecular weight excluding hydrogens is 406 g/mol. The Hall–Kier alpha value is 0.640. The van der Waals surface area contributed by atoms with Gasteiger partial charge in [-0.15, -0.1) is 13.8 Å². The van der Waals surface area contributed by atoms with Crippen molar-refractivity contribution in [3.63, 3.8) is 0 Å². The molecule has 0 aliphatic heterocycles. The van der Waals surface area contributed by atoms with Crippen LogP contribution in [0.2, 0.25) is 13.1 Å². The molecule has 124 valence electrons. The molecule has 0 nitrogen and oxygen atoms in total. The molecule has 0 radical (unpaired) electrons. The van der Waals surface area contributed by atoms with Crippen molar-refractivity contribution in [2.24, 2.45) is 11.8 Å². The van der Waals surface area contributed by atoms with E-state index in [1.807, 2.05) is 0 Å². The molecule has 0 heterocycles. The second kappa shape index (κ2) is 14.0. The normalized spacial score (nSPS) is 21.4. The van der Waals surface area contributed by atoms with E-state index in [1.165, 1.54) is 22.3 Å². The van der Waals surface area contributed by atoms with Gasteiger partial charge in [-0.05, 0) is 0 Å². The van der Waals surface area contributed by atoms with Crippen LogP contribution in [0.4, 0.5) is 0 Å². The average Bonchev–Trinajstić information content (AvgIpc) is 2.70. The van der Waals surface area contributed by atoms with E-state index in [-0.39, 0.29) is 30.2 Å². The smallest absolute Gasteiger partial charge is 1.00 e. The Balaban J connectivity index is -0.000000249. The van der Waals surface area contributed by atoms with Gasteiger partial charge in [-0.1, -0.05) is 39.5 Å². The molecule has 2 aliphatic carbocycles. The van der Waals surface area contributed by atoms with Crippen molar-refractivity contribution in [3.05, 3.63) is 46.6 Å². The van der Waals surface area contributed by atoms with Gasteiger partial charge in [-0.25, -0.2) is 22.3 Å². The molecular formula is C18H28Cl2SiZr-2. The largest absolute Gasteiger partial charge is 1.00 e. The molecule has 0 aromatic rings. The zero-order valence-corrected chi connectivity index (χ0v) is 20.0. The number of allylic oxidation sites excluding steroid dienone is 8. The molecule has 0 aromatic heterocycles. The van der Waals surface area contributed by atoms with E-state index < -0.39 is 0 Å². The Morgan fingerprint density at radius 1 is 0.818 bits per heavy atom. The Morgan fingerprint density at radius 2 is 1.05 bits per heavy atom. The minimum atomic E-state index is 0. The monoisotopic (exact) mass is 432 g/mol. The fourth-order valence-corrected chi connectivity index (χ4v) is 1.99. The van der Waals surface area contributed by atoms with Crippen LogP contribution >= 0.6 is 0 Å². The van der Waals surface area contributed by atoms with Crippen LogP contribution < -0.4 is 24.8 Å². The van der Waals surface area contributed by atoms with E-state index in [0.717, 1.165) is 0 Å². The summed E-state index contributed by atoms with van der Waals surface area (Å²) in [7, 11) is 0. The molecule has 0 aromatic carbocycles. The third-order valence-corrected chi connectivity index (χ3v) is 3.07. The van der Waals surface area contributed by atoms with Crippen LogP contribution in [0.5, 0.6) is 0 Å². The molecule has 0 N–H and O–H groups in total. The van der Waals surface area contributed by atoms with Crippen molar-refractivity contribution < 1.29 is 48.1 Å². The third-order valence-electron chi connectivity index (χ3n) is 3.07. The molecule has 0 fully saturated rings. The Kier molecular flexibility index (Phi) is 17.5. The van der Waals surface area contributed by atoms with Gasteiger partial charge in [0, 0.05) is 0 Å². The zero-order valence-electron chi connectivity index (χ0n) is 15.1. The molecule has 0 spiro atoms. The molecule has 0 unspecified atom stereocenters. The van der Waals surface area contributed by atoms with Gasteiger partial charge in [0.15, 0.2) is 0 Å². The average molecular weight is 435 g/mol. The maximum absolute atomic E-state index is 3.29. The van der Waals surface area contributed by atoms with E-state index in [2.05, 4.69) is 78.9 Å². The number of rotatable bonds is 0. The van der Waals surface area contributed by atoms with Crippen LogP contribution in [-0.2, 0) is 23.3 Å². The fraction of sp³-hybridized carbons (Fsp3) is 0.556. The van der Waals surface area contributed by atoms with Crippen LogP contribution in [-0.4, -0.2) is 5.43 Å². The van der Waals surface area contributed by atoms with Crippen molar-refractivity contribution in [2.45, 2.75) is 54.6 Å². The Bertz CT molecular complexity index is 395. The maximum Gasteiger partial charge on any atom is -1.00 e. The van der Waals surface area contributed by atoms with E-state index in [9.17, 15) is 0 Å². The van der Waals surface area contributed by atoms with Gasteiger partial charge in [-0.3, -0.25) is 12.2 Å². The Morgan fingerprint density at radius 3 is 1.09 bits per heavy atom. The van der Waals surface area contributed by atoms with Crippen molar-refractivity contribution in [1.29, 1.82) is 0 Å². The van der Waals surface area contributed by atoms with E-state index in [4.69, 9.17) is 0 Å². The first-order valence-electron chi connectivity index (χ1n) is 7.23. The van der Waals surface area contributed by atoms with Crippen LogP contribution in [0, 0.1) is 24.0 Å². The molecule has 4 heteroatoms. The summed E-state index contributed by atoms with van der Waals surface area (Å²) in [5, 5.41) is 0. The van der Waals surface area contributed by atoms with E-state index in [1.54, 1.807) is 23.3 Å². The predicted molar refractivity (Wildman–Crippen MR) is 88.2 cm³/mol. The molecule has 2 atom stereocenters. The van der Waals surface area contributed by atoms with Crippen LogP contribution in [0.15, 0.2) is 34.4 Å². The zero-order chi connectivity index (χ0) is 15.9. The van der Waals surface area contributed by atoms with Crippen molar-refractivity contribution in [1.82, 2.24) is 0 Å². The topological polar surface area (TPSA) is 0 Å². The summed E-state index contributed by atoms with van der Waals surface area (Å²) >= 11 is 1.74. The fourth-order valence-electron chi connectivity index (χ4n) is 1.99. The summed E-state index contributed by atoms with van der Waals surface area (Å²) in [6.45, 7) is 17.4. The number of hydrogen-bond donors (Lipinski definition) is 0. The number of hydrogen-bond acceptors (Lipinski definition) is 0. The van der Waals surface area contributed by atoms with Gasteiger partial charge in [-0.2, -0.15) is 12.2 Å². The molecule has 2 aliphatic rings. The van der Waals surface area contributed by atoms with Crippen molar-refractivity contribution in [2.75, 3.05) is 0 Å². The standard InChI is InChI=1S/2C8H11.C2H6Si.2ClH.Zr/c2*1-6-4-7(2)8(3)5-6;1-3-2;;;/h2*4,6H,1-3H3;1-2H3;2*1H;/q2*-1;;;;+2/p-2/t2*6-;;;;/m10..../s1. The van der Waals surface area contributed by atoms with Crippen molar-refractivity contribution in [3.8, 4) is 0 Å². The van der Waals surface area contributed by atoms with E-state index >= 15 is 0 Å². The van der Waals surface area contributed by atoms with Gasteiger partial charge in [0.1, 0.15) is 0 Å². The molecule has 0 amide bonds. The predicted octanol–water partition coefficient (Wildman–Crippen LogP) is -0.544. The number of halogens is 2. The SMILES string of the molecule is CC1=[C-][C@@H](C)C=C1C.CC1=[C-][C@H](C)C=C1C.C[Si](C)=[Zr+2].[Cl-].[Cl-]. The first kappa shape index (κ1) is 27.5. The molecule has 0 saturated heterocycles. The van der Waals surface area contributed by atoms with Crippen LogP contribution in [0.3, 0.4) is 0 Å². The molecule has 22 heavy (non-hydrogen) atoms. The minimum absolute atomic E-state index is 0. The minimum Gasteiger partial charge on any atom is -1.00 e. The van der Waals surface area contributed by atoms with Gasteiger partial charge in [0.2, 0.25) is 0 Å². The Labute approximate surface area is 165 Å². The molecule has 2 rings (SSSR count). The molecule has 0 saturated carbocycles. The first-order chi connectivity index (χ1) is 9.13. The van der Waals surface area contributed by atoms with Crippen LogP contribution in [0.25, 0.3) is 0 Å². The molecule has 0 bridgehead atoms. The third kappa shape index (κ3) is 13.1. The van der Waals surface area contributed by atoms with Gasteiger partial charge in [0.25, 0.3) is 0 Å². The van der Waals surface area contributed by atoms with Crippen LogP contribution in [0.1, 0.15) is 41.5 Å². The second-order valence-corrected chi connectivity index (χ2v) is 15.2. The summed E-state index contributed by atoms with van der Waals surface area (Å²) in [4.78, 5) is 0. The van der Waals surface area contributed by atoms with Gasteiger partial charge < -0.3 is 24.8 Å².